The number of aromatic nitrogens is 3. The van der Waals surface area contributed by atoms with Crippen molar-refractivity contribution >= 4 is 27.5 Å². The molecule has 0 amide bonds. The molecule has 136 valence electrons. The fraction of sp³-hybridized carbons (Fsp3) is 0.227. The number of nitrogens with one attached hydrogen (secondary N) is 1. The fourth-order valence-corrected chi connectivity index (χ4v) is 3.10. The number of ether oxygens (including phenoxy) is 1. The SMILES string of the molecule is CCCCOc1nccc2nc(NCc3ccccc3)c3ccncc3c12. The number of rotatable bonds is 7. The van der Waals surface area contributed by atoms with Crippen LogP contribution in [0, 0.1) is 0 Å². The molecule has 5 nitrogen and oxygen atoms in total. The molecular weight excluding hydrogens is 336 g/mol. The lowest BCUT2D eigenvalue weighted by atomic mass is 10.1. The monoisotopic (exact) mass is 358 g/mol. The highest BCUT2D eigenvalue weighted by Crippen LogP contribution is 2.33. The Labute approximate surface area is 158 Å². The molecule has 5 heteroatoms. The number of nitrogens with zero attached hydrogens (tertiary/aromatic N) is 3. The maximum absolute atomic E-state index is 5.94. The minimum absolute atomic E-state index is 0.626. The molecule has 0 atom stereocenters. The smallest absolute Gasteiger partial charge is 0.223 e. The molecule has 0 radical (unpaired) electrons. The van der Waals surface area contributed by atoms with Crippen molar-refractivity contribution < 1.29 is 4.74 Å². The molecule has 1 N–H and O–H groups in total. The molecule has 3 heterocycles. The van der Waals surface area contributed by atoms with Gasteiger partial charge in [-0.3, -0.25) is 4.98 Å². The molecule has 0 saturated carbocycles. The molecule has 0 saturated heterocycles. The van der Waals surface area contributed by atoms with E-state index in [1.165, 1.54) is 5.56 Å². The minimum atomic E-state index is 0.626. The highest BCUT2D eigenvalue weighted by atomic mass is 16.5. The highest BCUT2D eigenvalue weighted by molar-refractivity contribution is 6.11. The van der Waals surface area contributed by atoms with Gasteiger partial charge in [-0.15, -0.1) is 0 Å². The zero-order chi connectivity index (χ0) is 18.5. The van der Waals surface area contributed by atoms with Gasteiger partial charge in [0, 0.05) is 35.9 Å². The maximum atomic E-state index is 5.94. The van der Waals surface area contributed by atoms with Crippen molar-refractivity contribution in [2.75, 3.05) is 11.9 Å². The van der Waals surface area contributed by atoms with Gasteiger partial charge >= 0.3 is 0 Å². The Morgan fingerprint density at radius 3 is 2.74 bits per heavy atom. The summed E-state index contributed by atoms with van der Waals surface area (Å²) in [5.74, 6) is 1.47. The van der Waals surface area contributed by atoms with Crippen LogP contribution in [0.4, 0.5) is 5.82 Å². The van der Waals surface area contributed by atoms with Gasteiger partial charge in [-0.05, 0) is 24.1 Å². The molecule has 0 aliphatic carbocycles. The molecule has 27 heavy (non-hydrogen) atoms. The van der Waals surface area contributed by atoms with Gasteiger partial charge in [-0.1, -0.05) is 43.7 Å². The Hall–Kier alpha value is -3.21. The number of anilines is 1. The van der Waals surface area contributed by atoms with Crippen molar-refractivity contribution in [2.45, 2.75) is 26.3 Å². The number of hydrogen-bond acceptors (Lipinski definition) is 5. The van der Waals surface area contributed by atoms with Crippen LogP contribution in [-0.4, -0.2) is 21.6 Å². The molecule has 3 aromatic heterocycles. The third kappa shape index (κ3) is 3.67. The van der Waals surface area contributed by atoms with Crippen molar-refractivity contribution in [1.82, 2.24) is 15.0 Å². The van der Waals surface area contributed by atoms with E-state index in [0.717, 1.165) is 40.3 Å². The van der Waals surface area contributed by atoms with Gasteiger partial charge in [0.25, 0.3) is 0 Å². The van der Waals surface area contributed by atoms with Crippen molar-refractivity contribution in [3.63, 3.8) is 0 Å². The summed E-state index contributed by atoms with van der Waals surface area (Å²) in [6.45, 7) is 3.51. The molecule has 0 bridgehead atoms. The maximum Gasteiger partial charge on any atom is 0.223 e. The van der Waals surface area contributed by atoms with Crippen LogP contribution in [0.3, 0.4) is 0 Å². The van der Waals surface area contributed by atoms with Crippen LogP contribution in [0.2, 0.25) is 0 Å². The average Bonchev–Trinajstić information content (AvgIpc) is 2.73. The normalized spacial score (nSPS) is 11.0. The zero-order valence-electron chi connectivity index (χ0n) is 15.4. The Kier molecular flexibility index (Phi) is 5.10. The van der Waals surface area contributed by atoms with E-state index in [0.29, 0.717) is 19.0 Å². The number of fused-ring (bicyclic) bond motifs is 3. The van der Waals surface area contributed by atoms with Gasteiger partial charge in [0.15, 0.2) is 0 Å². The van der Waals surface area contributed by atoms with E-state index >= 15 is 0 Å². The van der Waals surface area contributed by atoms with Crippen molar-refractivity contribution in [2.24, 2.45) is 0 Å². The first-order valence-electron chi connectivity index (χ1n) is 9.30. The van der Waals surface area contributed by atoms with E-state index in [-0.39, 0.29) is 0 Å². The minimum Gasteiger partial charge on any atom is -0.477 e. The molecule has 4 rings (SSSR count). The lowest BCUT2D eigenvalue weighted by molar-refractivity contribution is 0.302. The summed E-state index contributed by atoms with van der Waals surface area (Å²) in [5.41, 5.74) is 2.06. The third-order valence-electron chi connectivity index (χ3n) is 4.51. The summed E-state index contributed by atoms with van der Waals surface area (Å²) in [5, 5.41) is 6.40. The Morgan fingerprint density at radius 1 is 1.00 bits per heavy atom. The first kappa shape index (κ1) is 17.2. The van der Waals surface area contributed by atoms with E-state index < -0.39 is 0 Å². The quantitative estimate of drug-likeness (QED) is 0.373. The van der Waals surface area contributed by atoms with Crippen LogP contribution >= 0.6 is 0 Å². The van der Waals surface area contributed by atoms with Gasteiger partial charge in [-0.25, -0.2) is 9.97 Å². The summed E-state index contributed by atoms with van der Waals surface area (Å²) >= 11 is 0. The van der Waals surface area contributed by atoms with Gasteiger partial charge < -0.3 is 10.1 Å². The van der Waals surface area contributed by atoms with E-state index in [9.17, 15) is 0 Å². The average molecular weight is 358 g/mol. The standard InChI is InChI=1S/C22H22N4O/c1-2-3-13-27-22-20-18-15-23-11-9-17(18)21(26-19(20)10-12-24-22)25-14-16-7-5-4-6-8-16/h4-12,15H,2-3,13-14H2,1H3,(H,25,26). The van der Waals surface area contributed by atoms with Crippen LogP contribution < -0.4 is 10.1 Å². The van der Waals surface area contributed by atoms with Crippen molar-refractivity contribution in [3.8, 4) is 5.88 Å². The molecule has 0 unspecified atom stereocenters. The molecular formula is C22H22N4O. The number of unbranched alkanes of at least 4 members (excludes halogenated alkanes) is 1. The number of benzene rings is 1. The van der Waals surface area contributed by atoms with E-state index in [1.807, 2.05) is 36.5 Å². The highest BCUT2D eigenvalue weighted by Gasteiger charge is 2.13. The van der Waals surface area contributed by atoms with Crippen molar-refractivity contribution in [1.29, 1.82) is 0 Å². The van der Waals surface area contributed by atoms with Gasteiger partial charge in [-0.2, -0.15) is 0 Å². The summed E-state index contributed by atoms with van der Waals surface area (Å²) in [4.78, 5) is 13.6. The molecule has 0 aliphatic rings. The first-order chi connectivity index (χ1) is 13.4. The Balaban J connectivity index is 1.76. The van der Waals surface area contributed by atoms with E-state index in [4.69, 9.17) is 9.72 Å². The van der Waals surface area contributed by atoms with Crippen LogP contribution in [-0.2, 0) is 6.54 Å². The fourth-order valence-electron chi connectivity index (χ4n) is 3.10. The first-order valence-corrected chi connectivity index (χ1v) is 9.30. The summed E-state index contributed by atoms with van der Waals surface area (Å²) in [7, 11) is 0. The second-order valence-corrected chi connectivity index (χ2v) is 6.43. The third-order valence-corrected chi connectivity index (χ3v) is 4.51. The molecule has 4 aromatic rings. The topological polar surface area (TPSA) is 59.9 Å². The lowest BCUT2D eigenvalue weighted by Gasteiger charge is -2.13. The van der Waals surface area contributed by atoms with Crippen molar-refractivity contribution in [3.05, 3.63) is 66.6 Å². The zero-order valence-corrected chi connectivity index (χ0v) is 15.4. The molecule has 0 fully saturated rings. The second kappa shape index (κ2) is 7.99. The van der Waals surface area contributed by atoms with Crippen LogP contribution in [0.15, 0.2) is 61.1 Å². The number of hydrogen-bond donors (Lipinski definition) is 1. The van der Waals surface area contributed by atoms with Gasteiger partial charge in [0.05, 0.1) is 17.5 Å². The summed E-state index contributed by atoms with van der Waals surface area (Å²) in [6, 6.07) is 14.2. The molecule has 1 aromatic carbocycles. The van der Waals surface area contributed by atoms with E-state index in [1.54, 1.807) is 12.4 Å². The number of pyridine rings is 3. The van der Waals surface area contributed by atoms with Crippen LogP contribution in [0.1, 0.15) is 25.3 Å². The predicted octanol–water partition coefficient (Wildman–Crippen LogP) is 4.97. The van der Waals surface area contributed by atoms with Crippen LogP contribution in [0.25, 0.3) is 21.7 Å². The Bertz CT molecular complexity index is 1050. The van der Waals surface area contributed by atoms with Gasteiger partial charge in [0.2, 0.25) is 5.88 Å². The largest absolute Gasteiger partial charge is 0.477 e. The lowest BCUT2D eigenvalue weighted by Crippen LogP contribution is -2.04. The second-order valence-electron chi connectivity index (χ2n) is 6.43. The van der Waals surface area contributed by atoms with Gasteiger partial charge in [0.1, 0.15) is 5.82 Å². The predicted molar refractivity (Wildman–Crippen MR) is 109 cm³/mol. The summed E-state index contributed by atoms with van der Waals surface area (Å²) < 4.78 is 5.94. The van der Waals surface area contributed by atoms with Crippen LogP contribution in [0.5, 0.6) is 5.88 Å². The Morgan fingerprint density at radius 2 is 1.89 bits per heavy atom. The summed E-state index contributed by atoms with van der Waals surface area (Å²) in [6.07, 6.45) is 7.48. The molecule has 0 aliphatic heterocycles. The van der Waals surface area contributed by atoms with E-state index in [2.05, 4.69) is 34.3 Å². The molecule has 0 spiro atoms.